The number of nitrogens with two attached hydrogens (primary N) is 1. The Hall–Kier alpha value is -3.91. The van der Waals surface area contributed by atoms with Gasteiger partial charge in [0.2, 0.25) is 0 Å². The predicted octanol–water partition coefficient (Wildman–Crippen LogP) is 4.77. The van der Waals surface area contributed by atoms with Crippen LogP contribution >= 0.6 is 0 Å². The third-order valence-corrected chi connectivity index (χ3v) is 4.57. The summed E-state index contributed by atoms with van der Waals surface area (Å²) in [5.41, 5.74) is 8.22. The average Bonchev–Trinajstić information content (AvgIpc) is 2.86. The molecule has 0 aliphatic heterocycles. The van der Waals surface area contributed by atoms with Crippen molar-refractivity contribution in [3.8, 4) is 0 Å². The maximum atomic E-state index is 11.5. The molecular formula is C27H39N5O3. The van der Waals surface area contributed by atoms with Gasteiger partial charge in [-0.3, -0.25) is 4.79 Å². The second-order valence-electron chi connectivity index (χ2n) is 6.86. The molecule has 1 aromatic heterocycles. The fourth-order valence-electron chi connectivity index (χ4n) is 2.93. The van der Waals surface area contributed by atoms with Crippen molar-refractivity contribution in [1.29, 1.82) is 0 Å². The molecule has 0 amide bonds. The van der Waals surface area contributed by atoms with Gasteiger partial charge in [-0.1, -0.05) is 57.3 Å². The van der Waals surface area contributed by atoms with Crippen molar-refractivity contribution in [1.82, 2.24) is 9.97 Å². The van der Waals surface area contributed by atoms with E-state index in [0.29, 0.717) is 36.1 Å². The van der Waals surface area contributed by atoms with Crippen LogP contribution in [0.1, 0.15) is 37.4 Å². The highest BCUT2D eigenvalue weighted by atomic mass is 16.5. The topological polar surface area (TPSA) is 111 Å². The summed E-state index contributed by atoms with van der Waals surface area (Å²) in [5, 5.41) is 6.16. The van der Waals surface area contributed by atoms with Crippen LogP contribution in [0.2, 0.25) is 0 Å². The van der Waals surface area contributed by atoms with E-state index in [1.165, 1.54) is 14.2 Å². The van der Waals surface area contributed by atoms with E-state index in [1.54, 1.807) is 13.2 Å². The number of hydrogen-bond acceptors (Lipinski definition) is 8. The molecule has 3 aromatic rings. The van der Waals surface area contributed by atoms with Gasteiger partial charge in [0.1, 0.15) is 18.2 Å². The number of hydrogen-bond donors (Lipinski definition) is 3. The van der Waals surface area contributed by atoms with Crippen LogP contribution in [0.5, 0.6) is 0 Å². The molecule has 1 heterocycles. The molecule has 0 radical (unpaired) electrons. The fraction of sp³-hybridized carbons (Fsp3) is 0.296. The van der Waals surface area contributed by atoms with Crippen molar-refractivity contribution >= 4 is 17.5 Å². The van der Waals surface area contributed by atoms with Crippen LogP contribution in [-0.2, 0) is 33.7 Å². The molecule has 0 aliphatic carbocycles. The molecule has 0 atom stereocenters. The number of carbonyl (C=O) groups is 1. The Morgan fingerprint density at radius 1 is 1.03 bits per heavy atom. The molecule has 0 aliphatic rings. The van der Waals surface area contributed by atoms with Crippen LogP contribution in [0.4, 0.5) is 11.5 Å². The molecule has 0 unspecified atom stereocenters. The smallest absolute Gasteiger partial charge is 0.310 e. The first-order chi connectivity index (χ1) is 16.1. The fourth-order valence-corrected chi connectivity index (χ4v) is 2.93. The summed E-state index contributed by atoms with van der Waals surface area (Å²) in [7, 11) is 4.62. The predicted molar refractivity (Wildman–Crippen MR) is 144 cm³/mol. The third kappa shape index (κ3) is 10.3. The molecule has 0 fully saturated rings. The van der Waals surface area contributed by atoms with Crippen molar-refractivity contribution in [2.45, 2.75) is 34.3 Å². The van der Waals surface area contributed by atoms with E-state index < -0.39 is 0 Å². The zero-order valence-electron chi connectivity index (χ0n) is 19.3. The highest BCUT2D eigenvalue weighted by molar-refractivity contribution is 5.74. The standard InChI is InChI=1S/C24H26N4O3.CH5N.2CH4/c1-17(31-16-19-7-5-4-6-8-19)27-21-11-9-18(10-12-21)13-22-26-15-20(14-23(29)30-3)24(25-2)28-22;1-2;;/h4-12,15,27H,1,13-14,16H2,2-3H3,(H,25,26,28);2H2,1H3;2*1H4. The third-order valence-electron chi connectivity index (χ3n) is 4.57. The number of anilines is 2. The van der Waals surface area contributed by atoms with E-state index in [-0.39, 0.29) is 27.2 Å². The molecule has 190 valence electrons. The minimum absolute atomic E-state index is 0. The minimum atomic E-state index is -0.328. The maximum absolute atomic E-state index is 11.5. The molecule has 4 N–H and O–H groups in total. The summed E-state index contributed by atoms with van der Waals surface area (Å²) in [6.45, 7) is 4.38. The lowest BCUT2D eigenvalue weighted by molar-refractivity contribution is -0.139. The molecule has 0 spiro atoms. The number of ether oxygens (including phenoxy) is 2. The van der Waals surface area contributed by atoms with Crippen LogP contribution in [0.25, 0.3) is 0 Å². The molecular weight excluding hydrogens is 442 g/mol. The quantitative estimate of drug-likeness (QED) is 0.280. The highest BCUT2D eigenvalue weighted by Gasteiger charge is 2.11. The number of esters is 1. The molecule has 35 heavy (non-hydrogen) atoms. The zero-order chi connectivity index (χ0) is 24.1. The maximum Gasteiger partial charge on any atom is 0.310 e. The summed E-state index contributed by atoms with van der Waals surface area (Å²) in [5.74, 6) is 1.44. The monoisotopic (exact) mass is 481 g/mol. The molecule has 0 saturated heterocycles. The van der Waals surface area contributed by atoms with Gasteiger partial charge in [0.05, 0.1) is 13.5 Å². The SMILES string of the molecule is C.C.C=C(Nc1ccc(Cc2ncc(CC(=O)OC)c(NC)n2)cc1)OCc1ccccc1.CN. The van der Waals surface area contributed by atoms with Gasteiger partial charge in [-0.15, -0.1) is 0 Å². The lowest BCUT2D eigenvalue weighted by atomic mass is 10.1. The van der Waals surface area contributed by atoms with E-state index in [0.717, 1.165) is 16.8 Å². The van der Waals surface area contributed by atoms with Gasteiger partial charge in [0, 0.05) is 30.9 Å². The second kappa shape index (κ2) is 16.7. The number of nitrogens with one attached hydrogen (secondary N) is 2. The van der Waals surface area contributed by atoms with Gasteiger partial charge >= 0.3 is 5.97 Å². The van der Waals surface area contributed by atoms with Gasteiger partial charge < -0.3 is 25.8 Å². The van der Waals surface area contributed by atoms with Gasteiger partial charge in [-0.2, -0.15) is 0 Å². The Bertz CT molecular complexity index is 1020. The molecule has 0 bridgehead atoms. The number of benzene rings is 2. The largest absolute Gasteiger partial charge is 0.475 e. The molecule has 2 aromatic carbocycles. The minimum Gasteiger partial charge on any atom is -0.475 e. The Morgan fingerprint density at radius 2 is 1.69 bits per heavy atom. The summed E-state index contributed by atoms with van der Waals surface area (Å²) < 4.78 is 10.4. The van der Waals surface area contributed by atoms with Gasteiger partial charge in [-0.25, -0.2) is 9.97 Å². The number of nitrogens with zero attached hydrogens (tertiary/aromatic N) is 2. The zero-order valence-corrected chi connectivity index (χ0v) is 19.3. The number of carbonyl (C=O) groups excluding carboxylic acids is 1. The van der Waals surface area contributed by atoms with E-state index >= 15 is 0 Å². The van der Waals surface area contributed by atoms with Crippen molar-refractivity contribution in [3.63, 3.8) is 0 Å². The van der Waals surface area contributed by atoms with Crippen molar-refractivity contribution < 1.29 is 14.3 Å². The van der Waals surface area contributed by atoms with Gasteiger partial charge in [0.15, 0.2) is 5.88 Å². The van der Waals surface area contributed by atoms with Gasteiger partial charge in [-0.05, 0) is 36.9 Å². The number of aromatic nitrogens is 2. The highest BCUT2D eigenvalue weighted by Crippen LogP contribution is 2.17. The van der Waals surface area contributed by atoms with E-state index in [9.17, 15) is 4.79 Å². The number of methoxy groups -OCH3 is 1. The average molecular weight is 482 g/mol. The lowest BCUT2D eigenvalue weighted by Crippen LogP contribution is -2.10. The summed E-state index contributed by atoms with van der Waals surface area (Å²) in [4.78, 5) is 20.4. The Balaban J connectivity index is 0.00000282. The second-order valence-corrected chi connectivity index (χ2v) is 6.86. The van der Waals surface area contributed by atoms with E-state index in [4.69, 9.17) is 9.47 Å². The molecule has 8 heteroatoms. The Labute approximate surface area is 209 Å². The first kappa shape index (κ1) is 31.1. The van der Waals surface area contributed by atoms with Crippen molar-refractivity contribution in [2.24, 2.45) is 5.73 Å². The Kier molecular flexibility index (Phi) is 14.8. The van der Waals surface area contributed by atoms with Crippen LogP contribution in [0, 0.1) is 0 Å². The summed E-state index contributed by atoms with van der Waals surface area (Å²) in [6.07, 6.45) is 2.36. The number of rotatable bonds is 10. The van der Waals surface area contributed by atoms with Crippen molar-refractivity contribution in [2.75, 3.05) is 31.8 Å². The van der Waals surface area contributed by atoms with Crippen LogP contribution < -0.4 is 16.4 Å². The Morgan fingerprint density at radius 3 is 2.29 bits per heavy atom. The van der Waals surface area contributed by atoms with Crippen LogP contribution in [0.15, 0.2) is 73.3 Å². The molecule has 0 saturated carbocycles. The van der Waals surface area contributed by atoms with Crippen molar-refractivity contribution in [3.05, 3.63) is 95.8 Å². The van der Waals surface area contributed by atoms with E-state index in [1.807, 2.05) is 54.6 Å². The first-order valence-corrected chi connectivity index (χ1v) is 10.5. The summed E-state index contributed by atoms with van der Waals surface area (Å²) in [6, 6.07) is 17.8. The van der Waals surface area contributed by atoms with Gasteiger partial charge in [0.25, 0.3) is 0 Å². The first-order valence-electron chi connectivity index (χ1n) is 10.5. The summed E-state index contributed by atoms with van der Waals surface area (Å²) >= 11 is 0. The lowest BCUT2D eigenvalue weighted by Gasteiger charge is -2.12. The van der Waals surface area contributed by atoms with E-state index in [2.05, 4.69) is 32.9 Å². The normalized spacial score (nSPS) is 9.26. The molecule has 3 rings (SSSR count). The van der Waals surface area contributed by atoms with Crippen LogP contribution in [0.3, 0.4) is 0 Å². The molecule has 8 nitrogen and oxygen atoms in total. The van der Waals surface area contributed by atoms with Crippen LogP contribution in [-0.4, -0.2) is 37.1 Å².